The Hall–Kier alpha value is -0.350. The number of halogens is 1. The Labute approximate surface area is 83.8 Å². The Morgan fingerprint density at radius 3 is 2.67 bits per heavy atom. The molecule has 64 valence electrons. The van der Waals surface area contributed by atoms with E-state index in [-0.39, 0.29) is 5.37 Å². The highest BCUT2D eigenvalue weighted by Crippen LogP contribution is 2.32. The summed E-state index contributed by atoms with van der Waals surface area (Å²) in [4.78, 5) is 10.4. The summed E-state index contributed by atoms with van der Waals surface area (Å²) in [6.07, 6.45) is 1.87. The summed E-state index contributed by atoms with van der Waals surface area (Å²) in [5.74, 6) is 0. The molecule has 0 heterocycles. The second-order valence-corrected chi connectivity index (χ2v) is 3.99. The van der Waals surface area contributed by atoms with Crippen molar-refractivity contribution in [2.75, 3.05) is 6.26 Å². The van der Waals surface area contributed by atoms with Crippen molar-refractivity contribution >= 4 is 27.7 Å². The summed E-state index contributed by atoms with van der Waals surface area (Å²) in [6.45, 7) is 0. The Balaban J connectivity index is 3.00. The molecule has 0 unspecified atom stereocenters. The van der Waals surface area contributed by atoms with E-state index < -0.39 is 0 Å². The first-order valence-corrected chi connectivity index (χ1v) is 5.47. The van der Waals surface area contributed by atoms with Gasteiger partial charge in [0.25, 0.3) is 0 Å². The topological polar surface area (TPSA) is 29.4 Å². The maximum absolute atomic E-state index is 10.4. The third kappa shape index (κ3) is 2.08. The molecule has 12 heavy (non-hydrogen) atoms. The van der Waals surface area contributed by atoms with Crippen molar-refractivity contribution in [1.29, 1.82) is 0 Å². The van der Waals surface area contributed by atoms with Gasteiger partial charge in [0.15, 0.2) is 5.37 Å². The number of nitroso groups, excluding NO2 is 1. The molecule has 0 saturated heterocycles. The van der Waals surface area contributed by atoms with Gasteiger partial charge in [0, 0.05) is 10.0 Å². The van der Waals surface area contributed by atoms with E-state index in [1.807, 2.05) is 30.5 Å². The maximum atomic E-state index is 10.4. The van der Waals surface area contributed by atoms with Crippen LogP contribution in [0.4, 0.5) is 0 Å². The van der Waals surface area contributed by atoms with Gasteiger partial charge in [-0.2, -0.15) is 0 Å². The van der Waals surface area contributed by atoms with E-state index in [1.165, 1.54) is 11.8 Å². The number of benzene rings is 1. The summed E-state index contributed by atoms with van der Waals surface area (Å²) in [5.41, 5.74) is 0.931. The Bertz CT molecular complexity index is 280. The van der Waals surface area contributed by atoms with E-state index in [4.69, 9.17) is 0 Å². The van der Waals surface area contributed by atoms with Crippen molar-refractivity contribution in [2.45, 2.75) is 5.37 Å². The molecule has 0 radical (unpaired) electrons. The fourth-order valence-corrected chi connectivity index (χ4v) is 2.10. The first-order chi connectivity index (χ1) is 5.79. The fourth-order valence-electron chi connectivity index (χ4n) is 0.902. The third-order valence-corrected chi connectivity index (χ3v) is 3.00. The largest absolute Gasteiger partial charge is 0.163 e. The zero-order chi connectivity index (χ0) is 8.97. The number of nitrogens with zero attached hydrogens (tertiary/aromatic N) is 1. The van der Waals surface area contributed by atoms with Gasteiger partial charge < -0.3 is 0 Å². The van der Waals surface area contributed by atoms with Gasteiger partial charge in [-0.25, -0.2) is 0 Å². The van der Waals surface area contributed by atoms with Crippen LogP contribution in [0.3, 0.4) is 0 Å². The number of hydrogen-bond acceptors (Lipinski definition) is 3. The van der Waals surface area contributed by atoms with Gasteiger partial charge in [-0.1, -0.05) is 39.3 Å². The normalized spacial score (nSPS) is 12.5. The lowest BCUT2D eigenvalue weighted by Crippen LogP contribution is -1.89. The van der Waals surface area contributed by atoms with Crippen molar-refractivity contribution < 1.29 is 0 Å². The SMILES string of the molecule is CS[C@H](N=O)c1ccccc1Br. The van der Waals surface area contributed by atoms with Gasteiger partial charge in [-0.3, -0.25) is 0 Å². The first kappa shape index (κ1) is 9.74. The average molecular weight is 246 g/mol. The summed E-state index contributed by atoms with van der Waals surface area (Å²) in [7, 11) is 0. The summed E-state index contributed by atoms with van der Waals surface area (Å²) in [6, 6.07) is 7.61. The van der Waals surface area contributed by atoms with Gasteiger partial charge in [-0.15, -0.1) is 16.7 Å². The van der Waals surface area contributed by atoms with Crippen LogP contribution in [0.1, 0.15) is 10.9 Å². The molecular formula is C8H8BrNOS. The van der Waals surface area contributed by atoms with Crippen LogP contribution in [0, 0.1) is 4.91 Å². The van der Waals surface area contributed by atoms with Crippen LogP contribution in [0.25, 0.3) is 0 Å². The van der Waals surface area contributed by atoms with E-state index in [0.717, 1.165) is 10.0 Å². The second-order valence-electron chi connectivity index (χ2n) is 2.21. The monoisotopic (exact) mass is 245 g/mol. The van der Waals surface area contributed by atoms with Crippen LogP contribution in [-0.4, -0.2) is 6.26 Å². The van der Waals surface area contributed by atoms with E-state index in [9.17, 15) is 4.91 Å². The van der Waals surface area contributed by atoms with Crippen molar-refractivity contribution in [3.8, 4) is 0 Å². The lowest BCUT2D eigenvalue weighted by atomic mass is 10.2. The summed E-state index contributed by atoms with van der Waals surface area (Å²) >= 11 is 4.79. The van der Waals surface area contributed by atoms with Crippen LogP contribution in [-0.2, 0) is 0 Å². The van der Waals surface area contributed by atoms with Gasteiger partial charge >= 0.3 is 0 Å². The van der Waals surface area contributed by atoms with Gasteiger partial charge in [0.2, 0.25) is 0 Å². The molecular weight excluding hydrogens is 238 g/mol. The Morgan fingerprint density at radius 2 is 2.17 bits per heavy atom. The maximum Gasteiger partial charge on any atom is 0.163 e. The predicted octanol–water partition coefficient (Wildman–Crippen LogP) is 3.58. The van der Waals surface area contributed by atoms with E-state index in [1.54, 1.807) is 0 Å². The quantitative estimate of drug-likeness (QED) is 0.763. The smallest absolute Gasteiger partial charge is 0.149 e. The van der Waals surface area contributed by atoms with E-state index in [2.05, 4.69) is 21.1 Å². The van der Waals surface area contributed by atoms with E-state index in [0.29, 0.717) is 0 Å². The first-order valence-electron chi connectivity index (χ1n) is 3.39. The second kappa shape index (κ2) is 4.62. The highest BCUT2D eigenvalue weighted by molar-refractivity contribution is 9.10. The van der Waals surface area contributed by atoms with Crippen molar-refractivity contribution in [3.63, 3.8) is 0 Å². The zero-order valence-electron chi connectivity index (χ0n) is 6.53. The highest BCUT2D eigenvalue weighted by atomic mass is 79.9. The third-order valence-electron chi connectivity index (χ3n) is 1.49. The molecule has 4 heteroatoms. The highest BCUT2D eigenvalue weighted by Gasteiger charge is 2.11. The summed E-state index contributed by atoms with van der Waals surface area (Å²) in [5, 5.41) is 2.72. The lowest BCUT2D eigenvalue weighted by Gasteiger charge is -2.07. The number of rotatable bonds is 3. The molecule has 0 bridgehead atoms. The molecule has 0 aliphatic heterocycles. The van der Waals surface area contributed by atoms with Crippen LogP contribution >= 0.6 is 27.7 Å². The van der Waals surface area contributed by atoms with Crippen molar-refractivity contribution in [3.05, 3.63) is 39.2 Å². The molecule has 0 aliphatic rings. The van der Waals surface area contributed by atoms with Gasteiger partial charge in [-0.05, 0) is 12.3 Å². The molecule has 0 spiro atoms. The molecule has 0 amide bonds. The predicted molar refractivity (Wildman–Crippen MR) is 56.2 cm³/mol. The molecule has 0 aliphatic carbocycles. The molecule has 0 N–H and O–H groups in total. The fraction of sp³-hybridized carbons (Fsp3) is 0.250. The number of hydrogen-bond donors (Lipinski definition) is 0. The molecule has 0 saturated carbocycles. The zero-order valence-corrected chi connectivity index (χ0v) is 8.93. The molecule has 0 fully saturated rings. The molecule has 0 aromatic heterocycles. The van der Waals surface area contributed by atoms with Crippen LogP contribution in [0.5, 0.6) is 0 Å². The van der Waals surface area contributed by atoms with Crippen LogP contribution in [0.15, 0.2) is 33.9 Å². The van der Waals surface area contributed by atoms with Crippen molar-refractivity contribution in [1.82, 2.24) is 0 Å². The Morgan fingerprint density at radius 1 is 1.50 bits per heavy atom. The summed E-state index contributed by atoms with van der Waals surface area (Å²) < 4.78 is 0.934. The molecule has 1 aromatic carbocycles. The minimum Gasteiger partial charge on any atom is -0.149 e. The molecule has 1 atom stereocenters. The molecule has 1 rings (SSSR count). The van der Waals surface area contributed by atoms with E-state index >= 15 is 0 Å². The molecule has 2 nitrogen and oxygen atoms in total. The standard InChI is InChI=1S/C8H8BrNOS/c1-12-8(10-11)6-4-2-3-5-7(6)9/h2-5,8H,1H3/t8-/m0/s1. The number of thioether (sulfide) groups is 1. The van der Waals surface area contributed by atoms with Gasteiger partial charge in [0.1, 0.15) is 0 Å². The van der Waals surface area contributed by atoms with Crippen LogP contribution < -0.4 is 0 Å². The Kier molecular flexibility index (Phi) is 3.75. The minimum absolute atomic E-state index is 0.305. The van der Waals surface area contributed by atoms with Gasteiger partial charge in [0.05, 0.1) is 0 Å². The molecule has 1 aromatic rings. The average Bonchev–Trinajstić information content (AvgIpc) is 2.10. The minimum atomic E-state index is -0.305. The lowest BCUT2D eigenvalue weighted by molar-refractivity contribution is 1.01. The van der Waals surface area contributed by atoms with Crippen molar-refractivity contribution in [2.24, 2.45) is 5.18 Å². The van der Waals surface area contributed by atoms with Crippen LogP contribution in [0.2, 0.25) is 0 Å².